The summed E-state index contributed by atoms with van der Waals surface area (Å²) < 4.78 is 1.79. The monoisotopic (exact) mass is 352 g/mol. The number of benzene rings is 1. The van der Waals surface area contributed by atoms with Crippen molar-refractivity contribution in [2.24, 2.45) is 12.5 Å². The summed E-state index contributed by atoms with van der Waals surface area (Å²) in [4.78, 5) is 12.8. The first kappa shape index (κ1) is 17.1. The second-order valence-corrected chi connectivity index (χ2v) is 8.59. The van der Waals surface area contributed by atoms with E-state index >= 15 is 0 Å². The molecule has 2 N–H and O–H groups in total. The highest BCUT2D eigenvalue weighted by atomic mass is 16.2. The van der Waals surface area contributed by atoms with Crippen molar-refractivity contribution in [3.63, 3.8) is 0 Å². The largest absolute Gasteiger partial charge is 0.331 e. The highest BCUT2D eigenvalue weighted by molar-refractivity contribution is 5.90. The maximum atomic E-state index is 12.8. The maximum Gasteiger partial charge on any atom is 0.319 e. The summed E-state index contributed by atoms with van der Waals surface area (Å²) in [5, 5.41) is 10.8. The molecule has 2 amide bonds. The van der Waals surface area contributed by atoms with Gasteiger partial charge in [0.1, 0.15) is 0 Å². The number of anilines is 1. The van der Waals surface area contributed by atoms with Crippen LogP contribution in [0.3, 0.4) is 0 Å². The fraction of sp³-hybridized carbons (Fsp3) is 0.524. The van der Waals surface area contributed by atoms with E-state index in [0.717, 1.165) is 43.5 Å². The number of fused-ring (bicyclic) bond motifs is 1. The molecule has 0 saturated heterocycles. The number of aromatic nitrogens is 2. The molecule has 5 heteroatoms. The predicted molar refractivity (Wildman–Crippen MR) is 103 cm³/mol. The molecule has 1 fully saturated rings. The van der Waals surface area contributed by atoms with E-state index in [-0.39, 0.29) is 17.5 Å². The van der Waals surface area contributed by atoms with E-state index in [1.165, 1.54) is 11.1 Å². The molecule has 5 nitrogen and oxygen atoms in total. The molecular weight excluding hydrogens is 324 g/mol. The average Bonchev–Trinajstić information content (AvgIpc) is 3.37. The Hall–Kier alpha value is -2.30. The van der Waals surface area contributed by atoms with Crippen LogP contribution in [-0.2, 0) is 13.5 Å². The SMILES string of the molecule is Cn1cc(NC(=O)NC2CC(C)(C)CCc3ccccc32)c(C2CC2)n1. The summed E-state index contributed by atoms with van der Waals surface area (Å²) in [5.41, 5.74) is 4.66. The molecule has 2 aromatic rings. The second-order valence-electron chi connectivity index (χ2n) is 8.59. The smallest absolute Gasteiger partial charge is 0.319 e. The van der Waals surface area contributed by atoms with Gasteiger partial charge in [0, 0.05) is 19.2 Å². The Bertz CT molecular complexity index is 819. The van der Waals surface area contributed by atoms with E-state index in [9.17, 15) is 4.79 Å². The molecule has 1 aromatic carbocycles. The fourth-order valence-corrected chi connectivity index (χ4v) is 4.05. The lowest BCUT2D eigenvalue weighted by Gasteiger charge is -2.27. The summed E-state index contributed by atoms with van der Waals surface area (Å²) in [6.07, 6.45) is 7.38. The van der Waals surface area contributed by atoms with Gasteiger partial charge in [-0.2, -0.15) is 5.10 Å². The van der Waals surface area contributed by atoms with Gasteiger partial charge in [-0.1, -0.05) is 38.1 Å². The zero-order valence-electron chi connectivity index (χ0n) is 15.9. The van der Waals surface area contributed by atoms with Crippen LogP contribution in [0.5, 0.6) is 0 Å². The minimum Gasteiger partial charge on any atom is -0.331 e. The normalized spacial score (nSPS) is 21.6. The van der Waals surface area contributed by atoms with Gasteiger partial charge in [-0.3, -0.25) is 4.68 Å². The first-order chi connectivity index (χ1) is 12.4. The Morgan fingerprint density at radius 3 is 2.81 bits per heavy atom. The first-order valence-corrected chi connectivity index (χ1v) is 9.60. The number of hydrogen-bond donors (Lipinski definition) is 2. The van der Waals surface area contributed by atoms with Gasteiger partial charge < -0.3 is 10.6 Å². The number of nitrogens with one attached hydrogen (secondary N) is 2. The highest BCUT2D eigenvalue weighted by Crippen LogP contribution is 2.42. The van der Waals surface area contributed by atoms with E-state index < -0.39 is 0 Å². The summed E-state index contributed by atoms with van der Waals surface area (Å²) in [6, 6.07) is 8.39. The van der Waals surface area contributed by atoms with Crippen LogP contribution in [0.15, 0.2) is 30.5 Å². The van der Waals surface area contributed by atoms with Crippen LogP contribution in [0.2, 0.25) is 0 Å². The van der Waals surface area contributed by atoms with Crippen LogP contribution >= 0.6 is 0 Å². The molecule has 0 spiro atoms. The Balaban J connectivity index is 1.53. The molecule has 0 aliphatic heterocycles. The average molecular weight is 352 g/mol. The van der Waals surface area contributed by atoms with Crippen molar-refractivity contribution >= 4 is 11.7 Å². The number of urea groups is 1. The first-order valence-electron chi connectivity index (χ1n) is 9.60. The zero-order valence-corrected chi connectivity index (χ0v) is 15.9. The van der Waals surface area contributed by atoms with Gasteiger partial charge in [-0.05, 0) is 48.6 Å². The molecule has 1 heterocycles. The number of aryl methyl sites for hydroxylation is 2. The molecule has 1 aromatic heterocycles. The lowest BCUT2D eigenvalue weighted by molar-refractivity contribution is 0.237. The zero-order chi connectivity index (χ0) is 18.3. The van der Waals surface area contributed by atoms with Crippen LogP contribution in [0.25, 0.3) is 0 Å². The fourth-order valence-electron chi connectivity index (χ4n) is 4.05. The molecule has 2 aliphatic carbocycles. The van der Waals surface area contributed by atoms with Crippen molar-refractivity contribution < 1.29 is 4.79 Å². The molecule has 138 valence electrons. The molecule has 0 bridgehead atoms. The van der Waals surface area contributed by atoms with E-state index in [2.05, 4.69) is 53.8 Å². The lowest BCUT2D eigenvalue weighted by Crippen LogP contribution is -2.34. The standard InChI is InChI=1S/C21H28N4O/c1-21(2)11-10-14-6-4-5-7-16(14)17(12-21)22-20(26)23-18-13-25(3)24-19(18)15-8-9-15/h4-7,13,15,17H,8-12H2,1-3H3,(H2,22,23,26). The van der Waals surface area contributed by atoms with E-state index in [4.69, 9.17) is 0 Å². The summed E-state index contributed by atoms with van der Waals surface area (Å²) in [6.45, 7) is 4.58. The van der Waals surface area contributed by atoms with Gasteiger partial charge in [-0.25, -0.2) is 4.79 Å². The molecule has 1 atom stereocenters. The molecular formula is C21H28N4O. The quantitative estimate of drug-likeness (QED) is 0.798. The van der Waals surface area contributed by atoms with Crippen molar-refractivity contribution in [2.75, 3.05) is 5.32 Å². The Labute approximate surface area is 155 Å². The summed E-state index contributed by atoms with van der Waals surface area (Å²) >= 11 is 0. The van der Waals surface area contributed by atoms with Crippen molar-refractivity contribution in [3.8, 4) is 0 Å². The van der Waals surface area contributed by atoms with Gasteiger partial charge in [0.2, 0.25) is 0 Å². The van der Waals surface area contributed by atoms with Gasteiger partial charge in [0.25, 0.3) is 0 Å². The van der Waals surface area contributed by atoms with Crippen molar-refractivity contribution in [1.29, 1.82) is 0 Å². The van der Waals surface area contributed by atoms with Crippen LogP contribution in [0.1, 0.15) is 68.3 Å². The van der Waals surface area contributed by atoms with Gasteiger partial charge in [-0.15, -0.1) is 0 Å². The topological polar surface area (TPSA) is 59.0 Å². The third-order valence-electron chi connectivity index (χ3n) is 5.63. The molecule has 26 heavy (non-hydrogen) atoms. The predicted octanol–water partition coefficient (Wildman–Crippen LogP) is 4.52. The third-order valence-corrected chi connectivity index (χ3v) is 5.63. The van der Waals surface area contributed by atoms with Crippen LogP contribution in [0.4, 0.5) is 10.5 Å². The van der Waals surface area contributed by atoms with Gasteiger partial charge in [0.05, 0.1) is 17.4 Å². The van der Waals surface area contributed by atoms with E-state index in [0.29, 0.717) is 5.92 Å². The lowest BCUT2D eigenvalue weighted by atomic mass is 9.83. The number of carbonyl (C=O) groups excluding carboxylic acids is 1. The molecule has 1 unspecified atom stereocenters. The Morgan fingerprint density at radius 1 is 1.27 bits per heavy atom. The van der Waals surface area contributed by atoms with Crippen molar-refractivity contribution in [1.82, 2.24) is 15.1 Å². The number of nitrogens with zero attached hydrogens (tertiary/aromatic N) is 2. The van der Waals surface area contributed by atoms with Gasteiger partial charge >= 0.3 is 6.03 Å². The minimum atomic E-state index is -0.141. The van der Waals surface area contributed by atoms with Crippen LogP contribution in [0, 0.1) is 5.41 Å². The molecule has 2 aliphatic rings. The van der Waals surface area contributed by atoms with Crippen LogP contribution < -0.4 is 10.6 Å². The summed E-state index contributed by atoms with van der Waals surface area (Å²) in [5.74, 6) is 0.504. The number of amides is 2. The third kappa shape index (κ3) is 3.62. The highest BCUT2D eigenvalue weighted by Gasteiger charge is 2.32. The minimum absolute atomic E-state index is 0.0322. The Morgan fingerprint density at radius 2 is 2.04 bits per heavy atom. The number of rotatable bonds is 3. The Kier molecular flexibility index (Phi) is 4.25. The molecule has 1 saturated carbocycles. The molecule has 4 rings (SSSR count). The number of hydrogen-bond acceptors (Lipinski definition) is 2. The molecule has 0 radical (unpaired) electrons. The van der Waals surface area contributed by atoms with Gasteiger partial charge in [0.15, 0.2) is 0 Å². The van der Waals surface area contributed by atoms with Crippen LogP contribution in [-0.4, -0.2) is 15.8 Å². The summed E-state index contributed by atoms with van der Waals surface area (Å²) in [7, 11) is 1.90. The number of carbonyl (C=O) groups is 1. The second kappa shape index (κ2) is 6.45. The van der Waals surface area contributed by atoms with Crippen molar-refractivity contribution in [3.05, 3.63) is 47.3 Å². The maximum absolute atomic E-state index is 12.8. The van der Waals surface area contributed by atoms with E-state index in [1.54, 1.807) is 4.68 Å². The van der Waals surface area contributed by atoms with Crippen molar-refractivity contribution in [2.45, 2.75) is 57.9 Å². The van der Waals surface area contributed by atoms with E-state index in [1.807, 2.05) is 13.2 Å².